The minimum absolute atomic E-state index is 0.158. The number of rotatable bonds is 3. The molecular formula is C19H27N3O. The molecule has 0 N–H and O–H groups in total. The topological polar surface area (TPSA) is 42.2 Å². The van der Waals surface area contributed by atoms with Crippen LogP contribution >= 0.6 is 0 Å². The van der Waals surface area contributed by atoms with Gasteiger partial charge in [0.15, 0.2) is 0 Å². The Bertz CT molecular complexity index is 617. The molecule has 0 radical (unpaired) electrons. The normalized spacial score (nSPS) is 17.2. The first-order valence-electron chi connectivity index (χ1n) is 8.68. The molecule has 0 bridgehead atoms. The lowest BCUT2D eigenvalue weighted by molar-refractivity contribution is 0.249. The first kappa shape index (κ1) is 16.2. The molecule has 0 amide bonds. The van der Waals surface area contributed by atoms with Gasteiger partial charge in [-0.25, -0.2) is 0 Å². The molecule has 23 heavy (non-hydrogen) atoms. The highest BCUT2D eigenvalue weighted by atomic mass is 16.4. The molecule has 0 atom stereocenters. The summed E-state index contributed by atoms with van der Waals surface area (Å²) in [5.74, 6) is 1.34. The molecule has 0 unspecified atom stereocenters. The van der Waals surface area contributed by atoms with E-state index in [0.29, 0.717) is 5.89 Å². The van der Waals surface area contributed by atoms with Crippen molar-refractivity contribution in [2.45, 2.75) is 58.4 Å². The van der Waals surface area contributed by atoms with E-state index in [0.717, 1.165) is 31.1 Å². The van der Waals surface area contributed by atoms with Crippen LogP contribution in [0.15, 0.2) is 28.7 Å². The summed E-state index contributed by atoms with van der Waals surface area (Å²) >= 11 is 0. The second-order valence-corrected chi connectivity index (χ2v) is 7.52. The number of benzene rings is 1. The Labute approximate surface area is 138 Å². The van der Waals surface area contributed by atoms with Crippen molar-refractivity contribution < 1.29 is 4.42 Å². The van der Waals surface area contributed by atoms with Gasteiger partial charge in [-0.2, -0.15) is 0 Å². The van der Waals surface area contributed by atoms with Crippen LogP contribution in [0.1, 0.15) is 57.9 Å². The predicted octanol–water partition coefficient (Wildman–Crippen LogP) is 4.41. The molecule has 2 aromatic rings. The third-order valence-corrected chi connectivity index (χ3v) is 4.52. The summed E-state index contributed by atoms with van der Waals surface area (Å²) in [4.78, 5) is 2.42. The lowest BCUT2D eigenvalue weighted by Gasteiger charge is -2.18. The number of hydrogen-bond donors (Lipinski definition) is 0. The summed E-state index contributed by atoms with van der Waals surface area (Å²) in [6.45, 7) is 9.69. The zero-order valence-corrected chi connectivity index (χ0v) is 14.5. The van der Waals surface area contributed by atoms with E-state index in [-0.39, 0.29) is 5.41 Å². The molecule has 0 saturated carbocycles. The molecule has 1 aromatic carbocycles. The van der Waals surface area contributed by atoms with Crippen LogP contribution in [0, 0.1) is 0 Å². The highest BCUT2D eigenvalue weighted by Crippen LogP contribution is 2.25. The first-order valence-corrected chi connectivity index (χ1v) is 8.68. The van der Waals surface area contributed by atoms with E-state index in [9.17, 15) is 0 Å². The number of hydrogen-bond acceptors (Lipinski definition) is 4. The molecule has 1 fully saturated rings. The minimum atomic E-state index is 0.158. The van der Waals surface area contributed by atoms with E-state index in [2.05, 4.69) is 60.1 Å². The van der Waals surface area contributed by atoms with Gasteiger partial charge in [-0.3, -0.25) is 4.90 Å². The average molecular weight is 313 g/mol. The summed E-state index contributed by atoms with van der Waals surface area (Å²) < 4.78 is 5.87. The SMILES string of the molecule is CC(C)(C)c1ccc(-c2nnc(CN3CCCCCC3)o2)cc1. The van der Waals surface area contributed by atoms with E-state index in [4.69, 9.17) is 4.42 Å². The van der Waals surface area contributed by atoms with Gasteiger partial charge in [0.25, 0.3) is 0 Å². The lowest BCUT2D eigenvalue weighted by Crippen LogP contribution is -2.24. The van der Waals surface area contributed by atoms with Crippen molar-refractivity contribution in [3.05, 3.63) is 35.7 Å². The van der Waals surface area contributed by atoms with E-state index in [1.165, 1.54) is 31.2 Å². The third-order valence-electron chi connectivity index (χ3n) is 4.52. The molecule has 1 saturated heterocycles. The van der Waals surface area contributed by atoms with E-state index in [1.807, 2.05) is 0 Å². The Morgan fingerprint density at radius 2 is 1.61 bits per heavy atom. The van der Waals surface area contributed by atoms with Crippen molar-refractivity contribution in [3.63, 3.8) is 0 Å². The highest BCUT2D eigenvalue weighted by Gasteiger charge is 2.16. The number of likely N-dealkylation sites (tertiary alicyclic amines) is 1. The first-order chi connectivity index (χ1) is 11.0. The van der Waals surface area contributed by atoms with Gasteiger partial charge >= 0.3 is 0 Å². The van der Waals surface area contributed by atoms with Crippen LogP contribution in [0.5, 0.6) is 0 Å². The van der Waals surface area contributed by atoms with Crippen molar-refractivity contribution in [2.24, 2.45) is 0 Å². The molecule has 3 rings (SSSR count). The fourth-order valence-electron chi connectivity index (χ4n) is 3.03. The summed E-state index contributed by atoms with van der Waals surface area (Å²) in [5.41, 5.74) is 2.46. The second kappa shape index (κ2) is 6.83. The molecule has 1 aliphatic rings. The Kier molecular flexibility index (Phi) is 4.81. The molecule has 0 spiro atoms. The quantitative estimate of drug-likeness (QED) is 0.841. The van der Waals surface area contributed by atoms with Crippen LogP contribution < -0.4 is 0 Å². The molecule has 1 aromatic heterocycles. The standard InChI is InChI=1S/C19H27N3O/c1-19(2,3)16-10-8-15(9-11-16)18-21-20-17(23-18)14-22-12-6-4-5-7-13-22/h8-11H,4-7,12-14H2,1-3H3. The summed E-state index contributed by atoms with van der Waals surface area (Å²) in [5, 5.41) is 8.45. The van der Waals surface area contributed by atoms with Crippen molar-refractivity contribution in [3.8, 4) is 11.5 Å². The van der Waals surface area contributed by atoms with Crippen molar-refractivity contribution in [2.75, 3.05) is 13.1 Å². The van der Waals surface area contributed by atoms with E-state index in [1.54, 1.807) is 0 Å². The van der Waals surface area contributed by atoms with Gasteiger partial charge in [0.2, 0.25) is 11.8 Å². The molecule has 1 aliphatic heterocycles. The largest absolute Gasteiger partial charge is 0.419 e. The van der Waals surface area contributed by atoms with Gasteiger partial charge in [0, 0.05) is 5.56 Å². The summed E-state index contributed by atoms with van der Waals surface area (Å²) in [6, 6.07) is 8.44. The van der Waals surface area contributed by atoms with Gasteiger partial charge in [-0.05, 0) is 49.0 Å². The van der Waals surface area contributed by atoms with Gasteiger partial charge in [0.05, 0.1) is 6.54 Å². The zero-order valence-electron chi connectivity index (χ0n) is 14.5. The van der Waals surface area contributed by atoms with Crippen molar-refractivity contribution >= 4 is 0 Å². The summed E-state index contributed by atoms with van der Waals surface area (Å²) in [6.07, 6.45) is 5.22. The fraction of sp³-hybridized carbons (Fsp3) is 0.579. The number of aromatic nitrogens is 2. The minimum Gasteiger partial charge on any atom is -0.419 e. The summed E-state index contributed by atoms with van der Waals surface area (Å²) in [7, 11) is 0. The van der Waals surface area contributed by atoms with Gasteiger partial charge in [-0.15, -0.1) is 10.2 Å². The highest BCUT2D eigenvalue weighted by molar-refractivity contribution is 5.53. The Hall–Kier alpha value is -1.68. The predicted molar refractivity (Wildman–Crippen MR) is 92.2 cm³/mol. The molecule has 124 valence electrons. The van der Waals surface area contributed by atoms with E-state index < -0.39 is 0 Å². The van der Waals surface area contributed by atoms with Gasteiger partial charge < -0.3 is 4.42 Å². The third kappa shape index (κ3) is 4.20. The molecule has 4 heteroatoms. The van der Waals surface area contributed by atoms with Crippen molar-refractivity contribution in [1.82, 2.24) is 15.1 Å². The van der Waals surface area contributed by atoms with Crippen LogP contribution in [0.2, 0.25) is 0 Å². The Morgan fingerprint density at radius 1 is 0.957 bits per heavy atom. The lowest BCUT2D eigenvalue weighted by atomic mass is 9.87. The van der Waals surface area contributed by atoms with Crippen LogP contribution in [-0.4, -0.2) is 28.2 Å². The maximum absolute atomic E-state index is 5.87. The maximum Gasteiger partial charge on any atom is 0.247 e. The average Bonchev–Trinajstić information content (AvgIpc) is 2.83. The molecule has 2 heterocycles. The Morgan fingerprint density at radius 3 is 2.22 bits per heavy atom. The molecule has 0 aliphatic carbocycles. The maximum atomic E-state index is 5.87. The smallest absolute Gasteiger partial charge is 0.247 e. The number of nitrogens with zero attached hydrogens (tertiary/aromatic N) is 3. The fourth-order valence-corrected chi connectivity index (χ4v) is 3.03. The van der Waals surface area contributed by atoms with Gasteiger partial charge in [0.1, 0.15) is 0 Å². The zero-order chi connectivity index (χ0) is 16.3. The monoisotopic (exact) mass is 313 g/mol. The second-order valence-electron chi connectivity index (χ2n) is 7.52. The van der Waals surface area contributed by atoms with Crippen LogP contribution in [0.4, 0.5) is 0 Å². The molecule has 4 nitrogen and oxygen atoms in total. The van der Waals surface area contributed by atoms with Crippen LogP contribution in [0.25, 0.3) is 11.5 Å². The van der Waals surface area contributed by atoms with Gasteiger partial charge in [-0.1, -0.05) is 45.7 Å². The van der Waals surface area contributed by atoms with Crippen molar-refractivity contribution in [1.29, 1.82) is 0 Å². The Balaban J connectivity index is 1.68. The van der Waals surface area contributed by atoms with Crippen LogP contribution in [-0.2, 0) is 12.0 Å². The van der Waals surface area contributed by atoms with E-state index >= 15 is 0 Å². The molecular weight excluding hydrogens is 286 g/mol. The van der Waals surface area contributed by atoms with Crippen LogP contribution in [0.3, 0.4) is 0 Å².